The van der Waals surface area contributed by atoms with Gasteiger partial charge in [-0.15, -0.1) is 0 Å². The van der Waals surface area contributed by atoms with Crippen molar-refractivity contribution in [1.29, 1.82) is 5.26 Å². The average Bonchev–Trinajstić information content (AvgIpc) is 2.60. The highest BCUT2D eigenvalue weighted by Crippen LogP contribution is 2.52. The van der Waals surface area contributed by atoms with Crippen molar-refractivity contribution in [2.75, 3.05) is 0 Å². The van der Waals surface area contributed by atoms with Gasteiger partial charge in [-0.05, 0) is 25.8 Å². The van der Waals surface area contributed by atoms with Crippen LogP contribution in [0.2, 0.25) is 0 Å². The molecule has 1 aromatic rings. The maximum atomic E-state index is 12.3. The van der Waals surface area contributed by atoms with Gasteiger partial charge in [-0.1, -0.05) is 12.1 Å². The summed E-state index contributed by atoms with van der Waals surface area (Å²) in [6.45, 7) is 3.12. The monoisotopic (exact) mass is 373 g/mol. The molecular formula is C18H19N3O6. The zero-order valence-electron chi connectivity index (χ0n) is 14.8. The van der Waals surface area contributed by atoms with E-state index in [1.807, 2.05) is 6.07 Å². The number of carboxylic acid groups (broad SMARTS) is 2. The van der Waals surface area contributed by atoms with E-state index in [0.29, 0.717) is 5.56 Å². The number of carboxylic acids is 2. The van der Waals surface area contributed by atoms with Crippen LogP contribution in [0.25, 0.3) is 0 Å². The number of aliphatic carboxylic acids is 2. The molecular weight excluding hydrogens is 354 g/mol. The van der Waals surface area contributed by atoms with Crippen molar-refractivity contribution in [3.63, 3.8) is 0 Å². The molecule has 0 aliphatic carbocycles. The van der Waals surface area contributed by atoms with Gasteiger partial charge >= 0.3 is 11.9 Å². The summed E-state index contributed by atoms with van der Waals surface area (Å²) >= 11 is 0. The molecule has 0 aromatic heterocycles. The summed E-state index contributed by atoms with van der Waals surface area (Å²) in [6, 6.07) is 6.36. The Kier molecular flexibility index (Phi) is 5.59. The molecule has 0 spiro atoms. The molecule has 27 heavy (non-hydrogen) atoms. The number of nitriles is 1. The summed E-state index contributed by atoms with van der Waals surface area (Å²) in [6.07, 6.45) is -0.163. The molecule has 9 heteroatoms. The summed E-state index contributed by atoms with van der Waals surface area (Å²) in [5.41, 5.74) is -1.16. The number of hydrogen-bond donors (Lipinski definition) is 2. The van der Waals surface area contributed by atoms with Gasteiger partial charge in [-0.3, -0.25) is 24.7 Å². The lowest BCUT2D eigenvalue weighted by Crippen LogP contribution is -2.54. The van der Waals surface area contributed by atoms with Crippen LogP contribution in [-0.2, 0) is 9.59 Å². The molecule has 0 saturated carbocycles. The SMILES string of the molecule is CC1=NC(C)C(CCC#N)(C(=O)O)C(c2ccc([N+](=O)[O-])cc2)C1C(=O)O. The van der Waals surface area contributed by atoms with Crippen molar-refractivity contribution in [2.24, 2.45) is 16.3 Å². The van der Waals surface area contributed by atoms with Crippen LogP contribution in [0.4, 0.5) is 5.69 Å². The van der Waals surface area contributed by atoms with Crippen molar-refractivity contribution in [2.45, 2.75) is 38.6 Å². The van der Waals surface area contributed by atoms with Crippen LogP contribution < -0.4 is 0 Å². The Morgan fingerprint density at radius 1 is 1.33 bits per heavy atom. The lowest BCUT2D eigenvalue weighted by atomic mass is 9.58. The van der Waals surface area contributed by atoms with E-state index in [4.69, 9.17) is 5.26 Å². The predicted octanol–water partition coefficient (Wildman–Crippen LogP) is 2.62. The second kappa shape index (κ2) is 7.53. The van der Waals surface area contributed by atoms with Crippen LogP contribution >= 0.6 is 0 Å². The quantitative estimate of drug-likeness (QED) is 0.573. The number of benzene rings is 1. The summed E-state index contributed by atoms with van der Waals surface area (Å²) in [5.74, 6) is -4.70. The number of hydrogen-bond acceptors (Lipinski definition) is 6. The first-order valence-electron chi connectivity index (χ1n) is 8.28. The Balaban J connectivity index is 2.74. The first-order valence-corrected chi connectivity index (χ1v) is 8.28. The smallest absolute Gasteiger partial charge is 0.312 e. The number of carbonyl (C=O) groups is 2. The van der Waals surface area contributed by atoms with Crippen molar-refractivity contribution in [1.82, 2.24) is 0 Å². The van der Waals surface area contributed by atoms with E-state index < -0.39 is 40.2 Å². The van der Waals surface area contributed by atoms with Gasteiger partial charge in [0, 0.05) is 30.2 Å². The maximum Gasteiger partial charge on any atom is 0.312 e. The first kappa shape index (κ1) is 20.0. The Morgan fingerprint density at radius 2 is 1.93 bits per heavy atom. The molecule has 0 saturated heterocycles. The Bertz CT molecular complexity index is 842. The molecule has 1 aromatic carbocycles. The molecule has 0 bridgehead atoms. The van der Waals surface area contributed by atoms with Gasteiger partial charge in [0.2, 0.25) is 0 Å². The van der Waals surface area contributed by atoms with Crippen LogP contribution in [-0.4, -0.2) is 38.8 Å². The normalized spacial score (nSPS) is 27.3. The summed E-state index contributed by atoms with van der Waals surface area (Å²) in [4.78, 5) is 38.9. The fourth-order valence-electron chi connectivity index (χ4n) is 3.96. The van der Waals surface area contributed by atoms with Crippen molar-refractivity contribution in [3.8, 4) is 6.07 Å². The van der Waals surface area contributed by atoms with Crippen LogP contribution in [0, 0.1) is 32.8 Å². The molecule has 4 atom stereocenters. The summed E-state index contributed by atoms with van der Waals surface area (Å²) in [7, 11) is 0. The third-order valence-corrected chi connectivity index (χ3v) is 5.26. The minimum atomic E-state index is -1.62. The van der Waals surface area contributed by atoms with Crippen LogP contribution in [0.5, 0.6) is 0 Å². The Hall–Kier alpha value is -3.28. The second-order valence-corrected chi connectivity index (χ2v) is 6.59. The van der Waals surface area contributed by atoms with Gasteiger partial charge in [0.05, 0.1) is 22.4 Å². The fraction of sp³-hybridized carbons (Fsp3) is 0.444. The van der Waals surface area contributed by atoms with E-state index in [9.17, 15) is 29.9 Å². The molecule has 1 aliphatic rings. The molecule has 1 heterocycles. The lowest BCUT2D eigenvalue weighted by Gasteiger charge is -2.46. The number of nitro benzene ring substituents is 1. The van der Waals surface area contributed by atoms with Gasteiger partial charge < -0.3 is 10.2 Å². The lowest BCUT2D eigenvalue weighted by molar-refractivity contribution is -0.384. The van der Waals surface area contributed by atoms with Crippen LogP contribution in [0.15, 0.2) is 29.3 Å². The minimum absolute atomic E-state index is 0.0811. The van der Waals surface area contributed by atoms with Gasteiger partial charge in [-0.25, -0.2) is 0 Å². The van der Waals surface area contributed by atoms with Crippen molar-refractivity contribution < 1.29 is 24.7 Å². The molecule has 0 amide bonds. The van der Waals surface area contributed by atoms with Gasteiger partial charge in [0.1, 0.15) is 5.92 Å². The number of aliphatic imine (C=N–C) groups is 1. The highest BCUT2D eigenvalue weighted by Gasteiger charge is 2.58. The Labute approximate surface area is 155 Å². The summed E-state index contributed by atoms with van der Waals surface area (Å²) in [5, 5.41) is 39.7. The van der Waals surface area contributed by atoms with Crippen molar-refractivity contribution >= 4 is 23.3 Å². The minimum Gasteiger partial charge on any atom is -0.481 e. The molecule has 4 unspecified atom stereocenters. The molecule has 0 fully saturated rings. The summed E-state index contributed by atoms with van der Waals surface area (Å²) < 4.78 is 0. The molecule has 2 rings (SSSR count). The largest absolute Gasteiger partial charge is 0.481 e. The van der Waals surface area contributed by atoms with Gasteiger partial charge in [-0.2, -0.15) is 5.26 Å². The third-order valence-electron chi connectivity index (χ3n) is 5.26. The second-order valence-electron chi connectivity index (χ2n) is 6.59. The van der Waals surface area contributed by atoms with E-state index >= 15 is 0 Å². The zero-order chi connectivity index (χ0) is 20.4. The number of nitro groups is 1. The maximum absolute atomic E-state index is 12.3. The average molecular weight is 373 g/mol. The van der Waals surface area contributed by atoms with E-state index in [0.717, 1.165) is 0 Å². The van der Waals surface area contributed by atoms with Crippen molar-refractivity contribution in [3.05, 3.63) is 39.9 Å². The standard InChI is InChI=1S/C18H19N3O6/c1-10-14(16(22)23)15(12-4-6-13(7-5-12)21(26)27)18(17(24)25,8-3-9-19)11(2)20-10/h4-7,11,14-15H,3,8H2,1-2H3,(H,22,23)(H,24,25). The number of nitrogens with zero attached hydrogens (tertiary/aromatic N) is 3. The topological polar surface area (TPSA) is 154 Å². The molecule has 142 valence electrons. The van der Waals surface area contributed by atoms with Crippen LogP contribution in [0.1, 0.15) is 38.2 Å². The van der Waals surface area contributed by atoms with Gasteiger partial charge in [0.25, 0.3) is 5.69 Å². The third kappa shape index (κ3) is 3.38. The number of non-ortho nitro benzene ring substituents is 1. The molecule has 1 aliphatic heterocycles. The number of rotatable bonds is 6. The van der Waals surface area contributed by atoms with E-state index in [1.165, 1.54) is 31.2 Å². The Morgan fingerprint density at radius 3 is 2.37 bits per heavy atom. The first-order chi connectivity index (χ1) is 12.7. The zero-order valence-corrected chi connectivity index (χ0v) is 14.8. The fourth-order valence-corrected chi connectivity index (χ4v) is 3.96. The van der Waals surface area contributed by atoms with E-state index in [1.54, 1.807) is 6.92 Å². The highest BCUT2D eigenvalue weighted by molar-refractivity contribution is 6.03. The molecule has 0 radical (unpaired) electrons. The van der Waals surface area contributed by atoms with E-state index in [2.05, 4.69) is 4.99 Å². The predicted molar refractivity (Wildman–Crippen MR) is 94.5 cm³/mol. The highest BCUT2D eigenvalue weighted by atomic mass is 16.6. The molecule has 2 N–H and O–H groups in total. The molecule has 9 nitrogen and oxygen atoms in total. The van der Waals surface area contributed by atoms with E-state index in [-0.39, 0.29) is 24.2 Å². The van der Waals surface area contributed by atoms with Crippen LogP contribution in [0.3, 0.4) is 0 Å². The van der Waals surface area contributed by atoms with Gasteiger partial charge in [0.15, 0.2) is 0 Å².